The first-order chi connectivity index (χ1) is 9.35. The SMILES string of the molecule is CCOC(=O)CN(C)S(=O)(=O)/C=C/c1ccc(Cl)cc1. The van der Waals surface area contributed by atoms with E-state index in [0.717, 1.165) is 9.71 Å². The number of carbonyl (C=O) groups is 1. The molecule has 0 unspecified atom stereocenters. The Morgan fingerprint density at radius 3 is 2.50 bits per heavy atom. The summed E-state index contributed by atoms with van der Waals surface area (Å²) in [6, 6.07) is 6.71. The summed E-state index contributed by atoms with van der Waals surface area (Å²) in [7, 11) is -2.35. The first-order valence-corrected chi connectivity index (χ1v) is 7.79. The molecule has 0 aliphatic heterocycles. The summed E-state index contributed by atoms with van der Waals surface area (Å²) in [6.07, 6.45) is 1.44. The lowest BCUT2D eigenvalue weighted by Crippen LogP contribution is -2.31. The van der Waals surface area contributed by atoms with E-state index >= 15 is 0 Å². The number of hydrogen-bond acceptors (Lipinski definition) is 4. The van der Waals surface area contributed by atoms with Gasteiger partial charge in [0.15, 0.2) is 0 Å². The second-order valence-electron chi connectivity index (χ2n) is 3.96. The molecule has 0 bridgehead atoms. The van der Waals surface area contributed by atoms with E-state index in [4.69, 9.17) is 16.3 Å². The van der Waals surface area contributed by atoms with Crippen molar-refractivity contribution in [2.24, 2.45) is 0 Å². The van der Waals surface area contributed by atoms with E-state index < -0.39 is 16.0 Å². The van der Waals surface area contributed by atoms with Gasteiger partial charge in [0, 0.05) is 17.5 Å². The second-order valence-corrected chi connectivity index (χ2v) is 6.32. The number of hydrogen-bond donors (Lipinski definition) is 0. The van der Waals surface area contributed by atoms with Crippen LogP contribution in [-0.2, 0) is 19.6 Å². The smallest absolute Gasteiger partial charge is 0.321 e. The van der Waals surface area contributed by atoms with E-state index in [2.05, 4.69) is 0 Å². The highest BCUT2D eigenvalue weighted by atomic mass is 35.5. The zero-order valence-corrected chi connectivity index (χ0v) is 12.8. The predicted molar refractivity (Wildman–Crippen MR) is 78.7 cm³/mol. The molecule has 0 radical (unpaired) electrons. The van der Waals surface area contributed by atoms with Gasteiger partial charge in [-0.1, -0.05) is 23.7 Å². The molecule has 0 aliphatic rings. The minimum Gasteiger partial charge on any atom is -0.465 e. The fourth-order valence-corrected chi connectivity index (χ4v) is 2.27. The number of ether oxygens (including phenoxy) is 1. The largest absolute Gasteiger partial charge is 0.465 e. The molecule has 0 heterocycles. The molecule has 0 spiro atoms. The molecule has 1 aromatic carbocycles. The van der Waals surface area contributed by atoms with Crippen LogP contribution in [0.15, 0.2) is 29.7 Å². The summed E-state index contributed by atoms with van der Waals surface area (Å²) in [6.45, 7) is 1.56. The molecule has 0 fully saturated rings. The number of esters is 1. The Morgan fingerprint density at radius 1 is 1.35 bits per heavy atom. The molecule has 0 aromatic heterocycles. The fourth-order valence-electron chi connectivity index (χ4n) is 1.32. The van der Waals surface area contributed by atoms with E-state index in [1.54, 1.807) is 31.2 Å². The van der Waals surface area contributed by atoms with Crippen molar-refractivity contribution in [1.29, 1.82) is 0 Å². The number of sulfonamides is 1. The van der Waals surface area contributed by atoms with E-state index in [1.807, 2.05) is 0 Å². The Bertz CT molecular complexity index is 581. The second kappa shape index (κ2) is 7.42. The summed E-state index contributed by atoms with van der Waals surface area (Å²) >= 11 is 5.74. The lowest BCUT2D eigenvalue weighted by molar-refractivity contribution is -0.143. The Labute approximate surface area is 123 Å². The Morgan fingerprint density at radius 2 is 1.95 bits per heavy atom. The average molecular weight is 318 g/mol. The molecule has 0 amide bonds. The van der Waals surface area contributed by atoms with E-state index in [9.17, 15) is 13.2 Å². The van der Waals surface area contributed by atoms with Crippen LogP contribution in [-0.4, -0.2) is 38.9 Å². The van der Waals surface area contributed by atoms with Gasteiger partial charge in [-0.3, -0.25) is 4.79 Å². The molecule has 1 aromatic rings. The summed E-state index contributed by atoms with van der Waals surface area (Å²) in [5.41, 5.74) is 0.697. The summed E-state index contributed by atoms with van der Waals surface area (Å²) < 4.78 is 29.5. The zero-order valence-electron chi connectivity index (χ0n) is 11.2. The Hall–Kier alpha value is -1.37. The number of benzene rings is 1. The van der Waals surface area contributed by atoms with Crippen molar-refractivity contribution < 1.29 is 17.9 Å². The van der Waals surface area contributed by atoms with Crippen molar-refractivity contribution in [2.45, 2.75) is 6.92 Å². The maximum absolute atomic E-state index is 11.9. The van der Waals surface area contributed by atoms with E-state index in [1.165, 1.54) is 13.1 Å². The van der Waals surface area contributed by atoms with Gasteiger partial charge in [0.05, 0.1) is 6.61 Å². The molecule has 20 heavy (non-hydrogen) atoms. The van der Waals surface area contributed by atoms with Gasteiger partial charge < -0.3 is 4.74 Å². The molecule has 0 atom stereocenters. The Balaban J connectivity index is 2.73. The highest BCUT2D eigenvalue weighted by Crippen LogP contribution is 2.12. The number of carbonyl (C=O) groups excluding carboxylic acids is 1. The molecule has 1 rings (SSSR count). The van der Waals surface area contributed by atoms with E-state index in [-0.39, 0.29) is 13.2 Å². The van der Waals surface area contributed by atoms with Crippen molar-refractivity contribution in [3.05, 3.63) is 40.3 Å². The molecular weight excluding hydrogens is 302 g/mol. The molecule has 0 saturated carbocycles. The lowest BCUT2D eigenvalue weighted by atomic mass is 10.2. The van der Waals surface area contributed by atoms with Gasteiger partial charge >= 0.3 is 5.97 Å². The summed E-state index contributed by atoms with van der Waals surface area (Å²) in [5, 5.41) is 1.61. The van der Waals surface area contributed by atoms with Gasteiger partial charge in [0.25, 0.3) is 0 Å². The third-order valence-corrected chi connectivity index (χ3v) is 4.12. The number of rotatable bonds is 6. The first-order valence-electron chi connectivity index (χ1n) is 5.90. The van der Waals surface area contributed by atoms with Crippen LogP contribution in [0.1, 0.15) is 12.5 Å². The van der Waals surface area contributed by atoms with Crippen LogP contribution in [0.5, 0.6) is 0 Å². The molecule has 0 saturated heterocycles. The van der Waals surface area contributed by atoms with Crippen LogP contribution in [0.25, 0.3) is 6.08 Å². The van der Waals surface area contributed by atoms with Crippen LogP contribution >= 0.6 is 11.6 Å². The average Bonchev–Trinajstić information content (AvgIpc) is 2.38. The van der Waals surface area contributed by atoms with Crippen molar-refractivity contribution in [2.75, 3.05) is 20.2 Å². The van der Waals surface area contributed by atoms with Gasteiger partial charge in [-0.25, -0.2) is 8.42 Å². The molecule has 110 valence electrons. The van der Waals surface area contributed by atoms with Crippen molar-refractivity contribution in [1.82, 2.24) is 4.31 Å². The predicted octanol–water partition coefficient (Wildman–Crippen LogP) is 2.14. The van der Waals surface area contributed by atoms with Gasteiger partial charge in [-0.2, -0.15) is 4.31 Å². The maximum atomic E-state index is 11.9. The highest BCUT2D eigenvalue weighted by Gasteiger charge is 2.18. The standard InChI is InChI=1S/C13H16ClNO4S/c1-3-19-13(16)10-15(2)20(17,18)9-8-11-4-6-12(14)7-5-11/h4-9H,3,10H2,1-2H3/b9-8+. The Kier molecular flexibility index (Phi) is 6.19. The summed E-state index contributed by atoms with van der Waals surface area (Å²) in [5.74, 6) is -0.585. The monoisotopic (exact) mass is 317 g/mol. The third-order valence-electron chi connectivity index (χ3n) is 2.39. The lowest BCUT2D eigenvalue weighted by Gasteiger charge is -2.13. The van der Waals surface area contributed by atoms with Gasteiger partial charge in [0.2, 0.25) is 10.0 Å². The fraction of sp³-hybridized carbons (Fsp3) is 0.308. The molecule has 7 heteroatoms. The highest BCUT2D eigenvalue weighted by molar-refractivity contribution is 7.92. The normalized spacial score (nSPS) is 12.0. The van der Waals surface area contributed by atoms with Crippen molar-refractivity contribution in [3.63, 3.8) is 0 Å². The van der Waals surface area contributed by atoms with Crippen LogP contribution in [0, 0.1) is 0 Å². The van der Waals surface area contributed by atoms with E-state index in [0.29, 0.717) is 10.6 Å². The number of halogens is 1. The molecule has 0 N–H and O–H groups in total. The first kappa shape index (κ1) is 16.7. The third kappa shape index (κ3) is 5.32. The number of likely N-dealkylation sites (N-methyl/N-ethyl adjacent to an activating group) is 1. The maximum Gasteiger partial charge on any atom is 0.321 e. The van der Waals surface area contributed by atoms with Crippen molar-refractivity contribution in [3.8, 4) is 0 Å². The van der Waals surface area contributed by atoms with Crippen LogP contribution in [0.4, 0.5) is 0 Å². The molecule has 5 nitrogen and oxygen atoms in total. The van der Waals surface area contributed by atoms with Gasteiger partial charge in [0.1, 0.15) is 6.54 Å². The zero-order chi connectivity index (χ0) is 15.2. The minimum atomic E-state index is -3.66. The number of nitrogens with zero attached hydrogens (tertiary/aromatic N) is 1. The topological polar surface area (TPSA) is 63.7 Å². The summed E-state index contributed by atoms with van der Waals surface area (Å²) in [4.78, 5) is 11.2. The van der Waals surface area contributed by atoms with Gasteiger partial charge in [-0.05, 0) is 30.7 Å². The molecular formula is C13H16ClNO4S. The van der Waals surface area contributed by atoms with Crippen molar-refractivity contribution >= 4 is 33.7 Å². The van der Waals surface area contributed by atoms with Crippen LogP contribution in [0.2, 0.25) is 5.02 Å². The minimum absolute atomic E-state index is 0.216. The quantitative estimate of drug-likeness (QED) is 0.754. The van der Waals surface area contributed by atoms with Gasteiger partial charge in [-0.15, -0.1) is 0 Å². The van der Waals surface area contributed by atoms with Crippen LogP contribution < -0.4 is 0 Å². The van der Waals surface area contributed by atoms with Crippen LogP contribution in [0.3, 0.4) is 0 Å². The molecule has 0 aliphatic carbocycles.